The molecule has 2 aromatic rings. The minimum absolute atomic E-state index is 0.411. The van der Waals surface area contributed by atoms with E-state index in [0.29, 0.717) is 17.2 Å². The van der Waals surface area contributed by atoms with E-state index in [4.69, 9.17) is 17.3 Å². The van der Waals surface area contributed by atoms with Crippen molar-refractivity contribution < 1.29 is 0 Å². The van der Waals surface area contributed by atoms with Gasteiger partial charge in [0.05, 0.1) is 16.1 Å². The van der Waals surface area contributed by atoms with E-state index in [2.05, 4.69) is 15.8 Å². The number of aromatic nitrogens is 2. The van der Waals surface area contributed by atoms with Crippen LogP contribution in [0.4, 0.5) is 5.95 Å². The number of halogens is 1. The van der Waals surface area contributed by atoms with Crippen LogP contribution in [-0.4, -0.2) is 21.1 Å². The molecule has 1 aliphatic rings. The molecule has 1 aromatic heterocycles. The standard InChI is InChI=1S/C14H18ClN3S/c1-19-12-8-3-2-7-11(12)18-13-9(15)5-4-6-10(13)17-14(18)16/h4-6,11-12H,2-3,7-8H2,1H3,(H2,16,17). The van der Waals surface area contributed by atoms with E-state index >= 15 is 0 Å². The van der Waals surface area contributed by atoms with Crippen LogP contribution in [0.3, 0.4) is 0 Å². The molecule has 3 rings (SSSR count). The molecule has 0 amide bonds. The van der Waals surface area contributed by atoms with Crippen LogP contribution in [-0.2, 0) is 0 Å². The van der Waals surface area contributed by atoms with Crippen LogP contribution in [0.25, 0.3) is 11.0 Å². The van der Waals surface area contributed by atoms with Gasteiger partial charge in [0.1, 0.15) is 0 Å². The summed E-state index contributed by atoms with van der Waals surface area (Å²) in [6.07, 6.45) is 7.15. The molecular weight excluding hydrogens is 278 g/mol. The third-order valence-electron chi connectivity index (χ3n) is 3.99. The second kappa shape index (κ2) is 5.25. The first-order valence-electron chi connectivity index (χ1n) is 6.67. The minimum atomic E-state index is 0.411. The number of nitrogen functional groups attached to an aromatic ring is 1. The monoisotopic (exact) mass is 295 g/mol. The molecule has 1 heterocycles. The summed E-state index contributed by atoms with van der Waals surface area (Å²) >= 11 is 8.29. The van der Waals surface area contributed by atoms with Gasteiger partial charge < -0.3 is 10.3 Å². The molecule has 5 heteroatoms. The molecule has 19 heavy (non-hydrogen) atoms. The Morgan fingerprint density at radius 1 is 1.37 bits per heavy atom. The highest BCUT2D eigenvalue weighted by Crippen LogP contribution is 2.40. The summed E-state index contributed by atoms with van der Waals surface area (Å²) in [7, 11) is 0. The molecule has 2 atom stereocenters. The van der Waals surface area contributed by atoms with Gasteiger partial charge in [0, 0.05) is 11.3 Å². The quantitative estimate of drug-likeness (QED) is 0.906. The number of fused-ring (bicyclic) bond motifs is 1. The first-order valence-corrected chi connectivity index (χ1v) is 8.33. The fourth-order valence-electron chi connectivity index (χ4n) is 3.11. The largest absolute Gasteiger partial charge is 0.369 e. The normalized spacial score (nSPS) is 23.9. The molecule has 0 radical (unpaired) electrons. The smallest absolute Gasteiger partial charge is 0.201 e. The van der Waals surface area contributed by atoms with Crippen molar-refractivity contribution in [3.8, 4) is 0 Å². The Hall–Kier alpha value is -0.870. The maximum absolute atomic E-state index is 6.36. The lowest BCUT2D eigenvalue weighted by molar-refractivity contribution is 0.374. The Kier molecular flexibility index (Phi) is 3.63. The topological polar surface area (TPSA) is 43.8 Å². The van der Waals surface area contributed by atoms with Crippen LogP contribution >= 0.6 is 23.4 Å². The minimum Gasteiger partial charge on any atom is -0.369 e. The molecule has 0 aliphatic heterocycles. The van der Waals surface area contributed by atoms with Crippen molar-refractivity contribution in [3.63, 3.8) is 0 Å². The Morgan fingerprint density at radius 3 is 2.95 bits per heavy atom. The molecule has 0 saturated heterocycles. The Bertz CT molecular complexity index is 596. The zero-order valence-corrected chi connectivity index (χ0v) is 12.5. The van der Waals surface area contributed by atoms with Crippen LogP contribution < -0.4 is 5.73 Å². The molecule has 2 unspecified atom stereocenters. The van der Waals surface area contributed by atoms with Crippen molar-refractivity contribution in [3.05, 3.63) is 23.2 Å². The number of hydrogen-bond acceptors (Lipinski definition) is 3. The first-order chi connectivity index (χ1) is 9.22. The Morgan fingerprint density at radius 2 is 2.16 bits per heavy atom. The van der Waals surface area contributed by atoms with Crippen molar-refractivity contribution in [2.24, 2.45) is 0 Å². The van der Waals surface area contributed by atoms with Crippen LogP contribution in [0, 0.1) is 0 Å². The zero-order valence-electron chi connectivity index (χ0n) is 11.0. The van der Waals surface area contributed by atoms with Crippen LogP contribution in [0.5, 0.6) is 0 Å². The number of nitrogens with two attached hydrogens (primary N) is 1. The van der Waals surface area contributed by atoms with Gasteiger partial charge in [-0.1, -0.05) is 30.5 Å². The van der Waals surface area contributed by atoms with Crippen molar-refractivity contribution in [2.75, 3.05) is 12.0 Å². The summed E-state index contributed by atoms with van der Waals surface area (Å²) in [6.45, 7) is 0. The maximum Gasteiger partial charge on any atom is 0.201 e. The highest BCUT2D eigenvalue weighted by Gasteiger charge is 2.29. The number of anilines is 1. The number of benzene rings is 1. The third-order valence-corrected chi connectivity index (χ3v) is 5.45. The summed E-state index contributed by atoms with van der Waals surface area (Å²) in [4.78, 5) is 4.46. The zero-order chi connectivity index (χ0) is 13.4. The van der Waals surface area contributed by atoms with E-state index in [-0.39, 0.29) is 0 Å². The summed E-state index contributed by atoms with van der Waals surface area (Å²) in [5.41, 5.74) is 8.05. The van der Waals surface area contributed by atoms with Gasteiger partial charge in [-0.25, -0.2) is 4.98 Å². The highest BCUT2D eigenvalue weighted by molar-refractivity contribution is 7.99. The highest BCUT2D eigenvalue weighted by atomic mass is 35.5. The van der Waals surface area contributed by atoms with Crippen molar-refractivity contribution in [1.29, 1.82) is 0 Å². The van der Waals surface area contributed by atoms with Gasteiger partial charge in [-0.05, 0) is 31.2 Å². The van der Waals surface area contributed by atoms with Crippen LogP contribution in [0.2, 0.25) is 5.02 Å². The van der Waals surface area contributed by atoms with E-state index in [0.717, 1.165) is 22.5 Å². The van der Waals surface area contributed by atoms with E-state index in [9.17, 15) is 0 Å². The lowest BCUT2D eigenvalue weighted by Crippen LogP contribution is -2.26. The number of thioether (sulfide) groups is 1. The van der Waals surface area contributed by atoms with Crippen LogP contribution in [0.1, 0.15) is 31.7 Å². The fraction of sp³-hybridized carbons (Fsp3) is 0.500. The van der Waals surface area contributed by atoms with Crippen molar-refractivity contribution in [2.45, 2.75) is 37.0 Å². The number of rotatable bonds is 2. The van der Waals surface area contributed by atoms with Gasteiger partial charge in [-0.2, -0.15) is 11.8 Å². The lowest BCUT2D eigenvalue weighted by atomic mass is 9.94. The SMILES string of the molecule is CSC1CCCCC1n1c(N)nc2cccc(Cl)c21. The molecule has 0 bridgehead atoms. The maximum atomic E-state index is 6.36. The van der Waals surface area contributed by atoms with Gasteiger partial charge in [-0.3, -0.25) is 0 Å². The molecule has 1 aliphatic carbocycles. The van der Waals surface area contributed by atoms with E-state index in [1.54, 1.807) is 0 Å². The Balaban J connectivity index is 2.15. The van der Waals surface area contributed by atoms with Gasteiger partial charge in [0.15, 0.2) is 0 Å². The number of para-hydroxylation sites is 1. The molecule has 1 fully saturated rings. The average Bonchev–Trinajstić information content (AvgIpc) is 2.76. The number of nitrogens with zero attached hydrogens (tertiary/aromatic N) is 2. The molecule has 0 spiro atoms. The summed E-state index contributed by atoms with van der Waals surface area (Å²) in [6, 6.07) is 6.23. The fourth-order valence-corrected chi connectivity index (χ4v) is 4.34. The summed E-state index contributed by atoms with van der Waals surface area (Å²) in [5, 5.41) is 1.34. The second-order valence-electron chi connectivity index (χ2n) is 5.07. The van der Waals surface area contributed by atoms with Crippen molar-refractivity contribution in [1.82, 2.24) is 9.55 Å². The van der Waals surface area contributed by atoms with Crippen molar-refractivity contribution >= 4 is 40.3 Å². The van der Waals surface area contributed by atoms with E-state index < -0.39 is 0 Å². The predicted octanol–water partition coefficient (Wildman–Crippen LogP) is 4.12. The van der Waals surface area contributed by atoms with Gasteiger partial charge in [0.2, 0.25) is 5.95 Å². The lowest BCUT2D eigenvalue weighted by Gasteiger charge is -2.32. The average molecular weight is 296 g/mol. The van der Waals surface area contributed by atoms with Gasteiger partial charge in [0.25, 0.3) is 0 Å². The number of imidazole rings is 1. The van der Waals surface area contributed by atoms with E-state index in [1.807, 2.05) is 30.0 Å². The molecule has 1 aromatic carbocycles. The molecule has 102 valence electrons. The van der Waals surface area contributed by atoms with Gasteiger partial charge in [-0.15, -0.1) is 0 Å². The third kappa shape index (κ3) is 2.21. The molecular formula is C14H18ClN3S. The van der Waals surface area contributed by atoms with Gasteiger partial charge >= 0.3 is 0 Å². The van der Waals surface area contributed by atoms with E-state index in [1.165, 1.54) is 19.3 Å². The Labute approximate surface area is 122 Å². The second-order valence-corrected chi connectivity index (χ2v) is 6.56. The summed E-state index contributed by atoms with van der Waals surface area (Å²) in [5.74, 6) is 0.592. The first kappa shape index (κ1) is 13.1. The summed E-state index contributed by atoms with van der Waals surface area (Å²) < 4.78 is 2.16. The molecule has 2 N–H and O–H groups in total. The number of hydrogen-bond donors (Lipinski definition) is 1. The molecule has 1 saturated carbocycles. The predicted molar refractivity (Wildman–Crippen MR) is 84.0 cm³/mol. The molecule has 3 nitrogen and oxygen atoms in total. The van der Waals surface area contributed by atoms with Crippen LogP contribution in [0.15, 0.2) is 18.2 Å².